The predicted octanol–water partition coefficient (Wildman–Crippen LogP) is 4.53. The Morgan fingerprint density at radius 2 is 1.75 bits per heavy atom. The lowest BCUT2D eigenvalue weighted by molar-refractivity contribution is -0.125. The van der Waals surface area contributed by atoms with Gasteiger partial charge in [-0.15, -0.1) is 0 Å². The minimum Gasteiger partial charge on any atom is -0.493 e. The molecule has 5 nitrogen and oxygen atoms in total. The van der Waals surface area contributed by atoms with E-state index in [2.05, 4.69) is 18.0 Å². The molecule has 2 aromatic rings. The highest BCUT2D eigenvalue weighted by molar-refractivity contribution is 8.15. The Morgan fingerprint density at radius 3 is 2.29 bits per heavy atom. The molecule has 1 aliphatic heterocycles. The second-order valence-corrected chi connectivity index (χ2v) is 7.38. The summed E-state index contributed by atoms with van der Waals surface area (Å²) >= 11 is 1.09. The second kappa shape index (κ2) is 10.9. The lowest BCUT2D eigenvalue weighted by Crippen LogP contribution is -2.28. The van der Waals surface area contributed by atoms with Crippen LogP contribution in [0.1, 0.15) is 37.6 Å². The number of aromatic nitrogens is 1. The van der Waals surface area contributed by atoms with Gasteiger partial charge >= 0.3 is 0 Å². The molecule has 0 saturated carbocycles. The minimum absolute atomic E-state index is 0.123. The van der Waals surface area contributed by atoms with Gasteiger partial charge in [0.15, 0.2) is 0 Å². The highest BCUT2D eigenvalue weighted by Gasteiger charge is 2.36. The summed E-state index contributed by atoms with van der Waals surface area (Å²) in [4.78, 5) is 29.1. The van der Waals surface area contributed by atoms with E-state index in [4.69, 9.17) is 4.74 Å². The van der Waals surface area contributed by atoms with Crippen LogP contribution >= 0.6 is 11.8 Å². The molecule has 0 spiro atoms. The number of nitrogens with zero attached hydrogens (tertiary/aromatic N) is 2. The number of imide groups is 1. The molecular formula is C22H28N2O3S. The van der Waals surface area contributed by atoms with Gasteiger partial charge in [-0.2, -0.15) is 0 Å². The molecule has 1 fully saturated rings. The lowest BCUT2D eigenvalue weighted by Gasteiger charge is -2.09. The van der Waals surface area contributed by atoms with Gasteiger partial charge in [-0.05, 0) is 42.2 Å². The lowest BCUT2D eigenvalue weighted by atomic mass is 10.1. The van der Waals surface area contributed by atoms with Gasteiger partial charge in [-0.1, -0.05) is 50.7 Å². The Labute approximate surface area is 171 Å². The predicted molar refractivity (Wildman–Crippen MR) is 114 cm³/mol. The van der Waals surface area contributed by atoms with Crippen molar-refractivity contribution in [3.8, 4) is 5.75 Å². The Hall–Kier alpha value is -2.34. The Balaban J connectivity index is 0.00000136. The van der Waals surface area contributed by atoms with Crippen LogP contribution in [0.3, 0.4) is 0 Å². The second-order valence-electron chi connectivity index (χ2n) is 6.23. The Morgan fingerprint density at radius 1 is 1.07 bits per heavy atom. The van der Waals surface area contributed by atoms with Crippen molar-refractivity contribution < 1.29 is 14.3 Å². The minimum atomic E-state index is -0.323. The van der Waals surface area contributed by atoms with Crippen LogP contribution in [0.5, 0.6) is 5.75 Å². The number of ether oxygens (including phenoxy) is 1. The molecule has 1 aromatic carbocycles. The molecule has 0 aliphatic carbocycles. The van der Waals surface area contributed by atoms with Crippen molar-refractivity contribution in [3.05, 3.63) is 59.4 Å². The topological polar surface area (TPSA) is 59.5 Å². The van der Waals surface area contributed by atoms with Crippen molar-refractivity contribution in [2.75, 3.05) is 13.7 Å². The summed E-state index contributed by atoms with van der Waals surface area (Å²) in [6, 6.07) is 11.8. The highest BCUT2D eigenvalue weighted by atomic mass is 32.2. The van der Waals surface area contributed by atoms with Gasteiger partial charge in [-0.25, -0.2) is 0 Å². The maximum Gasteiger partial charge on any atom is 0.288 e. The summed E-state index contributed by atoms with van der Waals surface area (Å²) in [6.07, 6.45) is 4.21. The van der Waals surface area contributed by atoms with Crippen molar-refractivity contribution in [1.29, 1.82) is 0 Å². The van der Waals surface area contributed by atoms with Crippen molar-refractivity contribution in [3.63, 3.8) is 0 Å². The Bertz CT molecular complexity index is 775. The number of amides is 2. The van der Waals surface area contributed by atoms with E-state index in [1.807, 2.05) is 50.4 Å². The van der Waals surface area contributed by atoms with Gasteiger partial charge in [0.25, 0.3) is 5.24 Å². The molecule has 150 valence electrons. The number of rotatable bonds is 7. The molecule has 2 amide bonds. The number of benzene rings is 1. The molecule has 0 radical (unpaired) electrons. The van der Waals surface area contributed by atoms with Crippen molar-refractivity contribution in [1.82, 2.24) is 9.88 Å². The zero-order valence-electron chi connectivity index (χ0n) is 17.0. The molecule has 1 atom stereocenters. The van der Waals surface area contributed by atoms with E-state index in [1.165, 1.54) is 17.5 Å². The first-order valence-corrected chi connectivity index (χ1v) is 10.6. The van der Waals surface area contributed by atoms with Crippen LogP contribution in [0, 0.1) is 0 Å². The fraction of sp³-hybridized carbons (Fsp3) is 0.409. The quantitative estimate of drug-likeness (QED) is 0.683. The summed E-state index contributed by atoms with van der Waals surface area (Å²) in [5, 5.41) is -0.503. The maximum absolute atomic E-state index is 12.0. The fourth-order valence-electron chi connectivity index (χ4n) is 2.71. The molecular weight excluding hydrogens is 372 g/mol. The first kappa shape index (κ1) is 22.0. The van der Waals surface area contributed by atoms with E-state index < -0.39 is 0 Å². The van der Waals surface area contributed by atoms with Gasteiger partial charge < -0.3 is 4.74 Å². The molecule has 28 heavy (non-hydrogen) atoms. The molecule has 2 heterocycles. The van der Waals surface area contributed by atoms with E-state index in [-0.39, 0.29) is 16.4 Å². The monoisotopic (exact) mass is 400 g/mol. The van der Waals surface area contributed by atoms with Crippen LogP contribution in [0.15, 0.2) is 42.6 Å². The molecule has 0 N–H and O–H groups in total. The average molecular weight is 401 g/mol. The third-order valence-electron chi connectivity index (χ3n) is 4.39. The number of hydrogen-bond donors (Lipinski definition) is 0. The van der Waals surface area contributed by atoms with Crippen LogP contribution in [-0.4, -0.2) is 39.9 Å². The summed E-state index contributed by atoms with van der Waals surface area (Å²) < 4.78 is 5.77. The zero-order valence-corrected chi connectivity index (χ0v) is 17.8. The van der Waals surface area contributed by atoms with Gasteiger partial charge in [0.05, 0.1) is 11.9 Å². The van der Waals surface area contributed by atoms with Crippen LogP contribution < -0.4 is 4.74 Å². The molecule has 6 heteroatoms. The molecule has 3 rings (SSSR count). The fourth-order valence-corrected chi connectivity index (χ4v) is 3.73. The van der Waals surface area contributed by atoms with Gasteiger partial charge in [0.1, 0.15) is 5.75 Å². The maximum atomic E-state index is 12.0. The van der Waals surface area contributed by atoms with E-state index >= 15 is 0 Å². The largest absolute Gasteiger partial charge is 0.493 e. The number of thioether (sulfide) groups is 1. The van der Waals surface area contributed by atoms with Crippen LogP contribution in [0.4, 0.5) is 4.79 Å². The standard InChI is InChI=1S/C20H22N2O3S.C2H6/c1-3-14-4-7-16(21-13-14)10-11-25-17-8-5-15(6-9-17)12-18-19(23)22(2)20(24)26-18;1-2/h4-9,13,18H,3,10-12H2,1-2H3;1-2H3. The zero-order chi connectivity index (χ0) is 20.5. The summed E-state index contributed by atoms with van der Waals surface area (Å²) in [6.45, 7) is 6.68. The summed E-state index contributed by atoms with van der Waals surface area (Å²) in [5.74, 6) is 0.666. The van der Waals surface area contributed by atoms with E-state index in [0.717, 1.165) is 41.6 Å². The van der Waals surface area contributed by atoms with Gasteiger partial charge in [0.2, 0.25) is 5.91 Å². The van der Waals surface area contributed by atoms with Gasteiger partial charge in [0, 0.05) is 25.4 Å². The first-order chi connectivity index (χ1) is 13.6. The van der Waals surface area contributed by atoms with Crippen LogP contribution in [-0.2, 0) is 24.1 Å². The van der Waals surface area contributed by atoms with E-state index in [9.17, 15) is 9.59 Å². The Kier molecular flexibility index (Phi) is 8.51. The highest BCUT2D eigenvalue weighted by Crippen LogP contribution is 2.28. The smallest absolute Gasteiger partial charge is 0.288 e. The average Bonchev–Trinajstić information content (AvgIpc) is 2.98. The van der Waals surface area contributed by atoms with E-state index in [0.29, 0.717) is 13.0 Å². The third kappa shape index (κ3) is 5.83. The van der Waals surface area contributed by atoms with Crippen LogP contribution in [0.25, 0.3) is 0 Å². The molecule has 0 bridgehead atoms. The van der Waals surface area contributed by atoms with Gasteiger partial charge in [-0.3, -0.25) is 19.5 Å². The molecule has 1 aromatic heterocycles. The number of aryl methyl sites for hydroxylation is 1. The number of pyridine rings is 1. The normalized spacial score (nSPS) is 16.0. The third-order valence-corrected chi connectivity index (χ3v) is 5.52. The number of carbonyl (C=O) groups excluding carboxylic acids is 2. The van der Waals surface area contributed by atoms with Crippen LogP contribution in [0.2, 0.25) is 0 Å². The number of carbonyl (C=O) groups is 2. The first-order valence-electron chi connectivity index (χ1n) is 9.70. The van der Waals surface area contributed by atoms with Crippen molar-refractivity contribution in [2.24, 2.45) is 0 Å². The van der Waals surface area contributed by atoms with Crippen molar-refractivity contribution >= 4 is 22.9 Å². The summed E-state index contributed by atoms with van der Waals surface area (Å²) in [7, 11) is 1.53. The number of hydrogen-bond acceptors (Lipinski definition) is 5. The molecule has 1 aliphatic rings. The van der Waals surface area contributed by atoms with Crippen molar-refractivity contribution in [2.45, 2.75) is 45.3 Å². The SMILES string of the molecule is CC.CCc1ccc(CCOc2ccc(CC3SC(=O)N(C)C3=O)cc2)nc1. The molecule has 1 unspecified atom stereocenters. The van der Waals surface area contributed by atoms with E-state index in [1.54, 1.807) is 0 Å². The molecule has 1 saturated heterocycles. The summed E-state index contributed by atoms with van der Waals surface area (Å²) in [5.41, 5.74) is 3.27.